The number of benzene rings is 3. The van der Waals surface area contributed by atoms with Crippen LogP contribution in [0.25, 0.3) is 23.0 Å². The molecule has 11 heteroatoms. The maximum absolute atomic E-state index is 14.3. The molecule has 236 valence electrons. The van der Waals surface area contributed by atoms with Gasteiger partial charge in [0.1, 0.15) is 23.8 Å². The van der Waals surface area contributed by atoms with Crippen LogP contribution in [0.2, 0.25) is 0 Å². The Morgan fingerprint density at radius 3 is 2.36 bits per heavy atom. The number of hydrogen-bond acceptors (Lipinski definition) is 9. The third-order valence-corrected chi connectivity index (χ3v) is 8.43. The van der Waals surface area contributed by atoms with E-state index in [1.54, 1.807) is 49.1 Å². The molecule has 0 unspecified atom stereocenters. The molecule has 3 heterocycles. The fraction of sp³-hybridized carbons (Fsp3) is 0.139. The minimum Gasteiger partial charge on any atom is -0.497 e. The molecule has 0 spiro atoms. The van der Waals surface area contributed by atoms with Crippen LogP contribution in [0.5, 0.6) is 11.5 Å². The second kappa shape index (κ2) is 13.3. The Morgan fingerprint density at radius 1 is 1.00 bits per heavy atom. The van der Waals surface area contributed by atoms with E-state index in [-0.39, 0.29) is 17.7 Å². The van der Waals surface area contributed by atoms with Crippen LogP contribution in [0.4, 0.5) is 0 Å². The smallest absolute Gasteiger partial charge is 0.338 e. The molecule has 3 aromatic carbocycles. The van der Waals surface area contributed by atoms with Gasteiger partial charge in [0.15, 0.2) is 4.80 Å². The minimum atomic E-state index is -0.842. The molecule has 6 rings (SSSR count). The van der Waals surface area contributed by atoms with E-state index in [1.807, 2.05) is 60.8 Å². The van der Waals surface area contributed by atoms with Gasteiger partial charge in [-0.1, -0.05) is 54.3 Å². The molecule has 47 heavy (non-hydrogen) atoms. The fourth-order valence-corrected chi connectivity index (χ4v) is 6.35. The van der Waals surface area contributed by atoms with Crippen molar-refractivity contribution >= 4 is 29.4 Å². The summed E-state index contributed by atoms with van der Waals surface area (Å²) in [5.74, 6) is -0.0170. The van der Waals surface area contributed by atoms with Crippen molar-refractivity contribution in [1.29, 1.82) is 0 Å². The van der Waals surface area contributed by atoms with Crippen molar-refractivity contribution in [3.05, 3.63) is 140 Å². The average molecular weight is 647 g/mol. The van der Waals surface area contributed by atoms with Gasteiger partial charge < -0.3 is 14.2 Å². The lowest BCUT2D eigenvalue weighted by molar-refractivity contribution is -0.138. The summed E-state index contributed by atoms with van der Waals surface area (Å²) in [5, 5.41) is 4.88. The Balaban J connectivity index is 1.52. The molecule has 0 aliphatic carbocycles. The third kappa shape index (κ3) is 6.34. The van der Waals surface area contributed by atoms with Crippen molar-refractivity contribution < 1.29 is 23.8 Å². The molecule has 0 saturated heterocycles. The molecule has 1 aliphatic heterocycles. The maximum atomic E-state index is 14.3. The fourth-order valence-electron chi connectivity index (χ4n) is 5.31. The zero-order valence-electron chi connectivity index (χ0n) is 25.9. The van der Waals surface area contributed by atoms with Gasteiger partial charge in [-0.25, -0.2) is 14.5 Å². The summed E-state index contributed by atoms with van der Waals surface area (Å²) < 4.78 is 19.7. The van der Waals surface area contributed by atoms with Crippen LogP contribution in [0, 0.1) is 0 Å². The quantitative estimate of drug-likeness (QED) is 0.129. The third-order valence-electron chi connectivity index (χ3n) is 7.44. The number of aromatic nitrogens is 3. The van der Waals surface area contributed by atoms with Crippen molar-refractivity contribution in [3.63, 3.8) is 0 Å². The lowest BCUT2D eigenvalue weighted by atomic mass is 9.96. The summed E-state index contributed by atoms with van der Waals surface area (Å²) in [6.45, 7) is 6.66. The van der Waals surface area contributed by atoms with Gasteiger partial charge in [0.25, 0.3) is 5.56 Å². The molecule has 0 fully saturated rings. The van der Waals surface area contributed by atoms with Gasteiger partial charge in [0, 0.05) is 24.2 Å². The predicted molar refractivity (Wildman–Crippen MR) is 178 cm³/mol. The molecule has 0 amide bonds. The van der Waals surface area contributed by atoms with Gasteiger partial charge in [0.05, 0.1) is 34.6 Å². The Bertz CT molecular complexity index is 2190. The van der Waals surface area contributed by atoms with Crippen molar-refractivity contribution in [3.8, 4) is 28.4 Å². The van der Waals surface area contributed by atoms with E-state index in [0.717, 1.165) is 11.3 Å². The van der Waals surface area contributed by atoms with Crippen LogP contribution < -0.4 is 24.4 Å². The molecule has 0 radical (unpaired) electrons. The van der Waals surface area contributed by atoms with Crippen molar-refractivity contribution in [2.75, 3.05) is 13.7 Å². The number of rotatable bonds is 9. The zero-order valence-corrected chi connectivity index (χ0v) is 26.7. The molecule has 0 saturated carbocycles. The van der Waals surface area contributed by atoms with E-state index >= 15 is 0 Å². The summed E-state index contributed by atoms with van der Waals surface area (Å²) in [6.07, 6.45) is 5.15. The van der Waals surface area contributed by atoms with E-state index in [1.165, 1.54) is 28.9 Å². The van der Waals surface area contributed by atoms with Crippen LogP contribution in [0.1, 0.15) is 31.0 Å². The highest BCUT2D eigenvalue weighted by atomic mass is 32.1. The van der Waals surface area contributed by atoms with Crippen molar-refractivity contribution in [2.45, 2.75) is 19.9 Å². The summed E-state index contributed by atoms with van der Waals surface area (Å²) in [4.78, 5) is 44.3. The van der Waals surface area contributed by atoms with E-state index in [9.17, 15) is 14.4 Å². The molecule has 2 aromatic heterocycles. The van der Waals surface area contributed by atoms with Gasteiger partial charge in [0.2, 0.25) is 0 Å². The zero-order chi connectivity index (χ0) is 33.1. The number of carbonyl (C=O) groups excluding carboxylic acids is 2. The molecule has 0 bridgehead atoms. The number of hydrogen-bond donors (Lipinski definition) is 0. The van der Waals surface area contributed by atoms with Gasteiger partial charge in [-0.3, -0.25) is 14.2 Å². The van der Waals surface area contributed by atoms with Crippen LogP contribution in [0.15, 0.2) is 119 Å². The van der Waals surface area contributed by atoms with Crippen LogP contribution in [-0.4, -0.2) is 40.0 Å². The Kier molecular flexibility index (Phi) is 8.81. The second-order valence-electron chi connectivity index (χ2n) is 10.6. The maximum Gasteiger partial charge on any atom is 0.338 e. The summed E-state index contributed by atoms with van der Waals surface area (Å²) >= 11 is 1.22. The summed E-state index contributed by atoms with van der Waals surface area (Å²) in [5.41, 5.74) is 4.02. The number of methoxy groups -OCH3 is 1. The first kappa shape index (κ1) is 31.2. The summed E-state index contributed by atoms with van der Waals surface area (Å²) in [7, 11) is 1.61. The van der Waals surface area contributed by atoms with Gasteiger partial charge in [-0.05, 0) is 67.1 Å². The molecule has 10 nitrogen and oxygen atoms in total. The average Bonchev–Trinajstić information content (AvgIpc) is 3.64. The normalized spacial score (nSPS) is 14.3. The molecular weight excluding hydrogens is 616 g/mol. The molecule has 1 atom stereocenters. The Hall–Kier alpha value is -5.81. The highest BCUT2D eigenvalue weighted by molar-refractivity contribution is 7.07. The summed E-state index contributed by atoms with van der Waals surface area (Å²) in [6, 6.07) is 23.1. The van der Waals surface area contributed by atoms with Crippen molar-refractivity contribution in [1.82, 2.24) is 14.3 Å². The first-order valence-corrected chi connectivity index (χ1v) is 15.5. The van der Waals surface area contributed by atoms with E-state index in [0.29, 0.717) is 43.4 Å². The van der Waals surface area contributed by atoms with Crippen LogP contribution in [0.3, 0.4) is 0 Å². The number of ether oxygens (including phenoxy) is 3. The first-order chi connectivity index (χ1) is 22.8. The van der Waals surface area contributed by atoms with Gasteiger partial charge in [-0.2, -0.15) is 5.10 Å². The van der Waals surface area contributed by atoms with Crippen molar-refractivity contribution in [2.24, 2.45) is 4.99 Å². The largest absolute Gasteiger partial charge is 0.497 e. The monoisotopic (exact) mass is 646 g/mol. The van der Waals surface area contributed by atoms with Gasteiger partial charge >= 0.3 is 11.9 Å². The predicted octanol–water partition coefficient (Wildman–Crippen LogP) is 4.75. The van der Waals surface area contributed by atoms with E-state index in [2.05, 4.69) is 11.6 Å². The number of para-hydroxylation sites is 1. The molecule has 5 aromatic rings. The number of allylic oxidation sites excluding steroid dienone is 1. The lowest BCUT2D eigenvalue weighted by Crippen LogP contribution is -2.39. The number of fused-ring (bicyclic) bond motifs is 1. The molecular formula is C36H30N4O6S. The minimum absolute atomic E-state index is 0.00230. The number of nitrogens with zero attached hydrogens (tertiary/aromatic N) is 4. The molecule has 1 aliphatic rings. The SMILES string of the molecule is C=CCOC(=O)C1=C(C)N=c2s/c(=C\c3cn(-c4ccccc4)nc3-c3ccc(OC)cc3)c(=O)n2[C@H]1c1ccc(OC(C)=O)cc1. The van der Waals surface area contributed by atoms with E-state index < -0.39 is 18.0 Å². The lowest BCUT2D eigenvalue weighted by Gasteiger charge is -2.24. The number of thiazole rings is 1. The topological polar surface area (TPSA) is 114 Å². The first-order valence-electron chi connectivity index (χ1n) is 14.7. The van der Waals surface area contributed by atoms with Crippen LogP contribution >= 0.6 is 11.3 Å². The molecule has 0 N–H and O–H groups in total. The highest BCUT2D eigenvalue weighted by Gasteiger charge is 2.33. The highest BCUT2D eigenvalue weighted by Crippen LogP contribution is 2.32. The number of carbonyl (C=O) groups is 2. The standard InChI is InChI=1S/C36H30N4O6S/c1-5-19-45-35(43)31-22(2)37-36-40(33(31)25-13-17-29(18-14-25)46-23(3)41)34(42)30(47-36)20-26-21-39(27-9-7-6-8-10-27)38-32(26)24-11-15-28(44-4)16-12-24/h5-18,20-21,33H,1,19H2,2-4H3/b30-20-/t33-/m0/s1. The van der Waals surface area contributed by atoms with E-state index in [4.69, 9.17) is 19.3 Å². The Morgan fingerprint density at radius 2 is 1.70 bits per heavy atom. The second-order valence-corrected chi connectivity index (χ2v) is 11.6. The van der Waals surface area contributed by atoms with Crippen LogP contribution in [-0.2, 0) is 14.3 Å². The number of esters is 2. The van der Waals surface area contributed by atoms with Gasteiger partial charge in [-0.15, -0.1) is 0 Å². The Labute approximate surface area is 273 Å².